The minimum absolute atomic E-state index is 0.182. The lowest BCUT2D eigenvalue weighted by molar-refractivity contribution is -0.605. The summed E-state index contributed by atoms with van der Waals surface area (Å²) in [6.45, 7) is 3.26. The normalized spacial score (nSPS) is 25.5. The Morgan fingerprint density at radius 3 is 2.52 bits per heavy atom. The number of aromatic nitrogens is 1. The number of pyridine rings is 1. The molecule has 0 radical (unpaired) electrons. The number of carbonyl (C=O) groups is 2. The van der Waals surface area contributed by atoms with Crippen molar-refractivity contribution in [2.45, 2.75) is 69.0 Å². The lowest BCUT2D eigenvalue weighted by Crippen LogP contribution is -2.48. The first-order valence-corrected chi connectivity index (χ1v) is 13.5. The minimum atomic E-state index is -4.57. The number of alkyl halides is 3. The van der Waals surface area contributed by atoms with Gasteiger partial charge in [-0.2, -0.15) is 17.9 Å². The highest BCUT2D eigenvalue weighted by atomic mass is 19.4. The summed E-state index contributed by atoms with van der Waals surface area (Å²) < 4.78 is 45.6. The topological polar surface area (TPSA) is 118 Å². The van der Waals surface area contributed by atoms with Crippen LogP contribution in [-0.2, 0) is 21.3 Å². The molecule has 2 atom stereocenters. The van der Waals surface area contributed by atoms with E-state index < -0.39 is 29.2 Å². The van der Waals surface area contributed by atoms with E-state index in [4.69, 9.17) is 4.74 Å². The van der Waals surface area contributed by atoms with Crippen molar-refractivity contribution in [3.8, 4) is 0 Å². The number of nitrogens with zero attached hydrogens (tertiary/aromatic N) is 2. The first kappa shape index (κ1) is 29.8. The average Bonchev–Trinajstić information content (AvgIpc) is 3.33. The van der Waals surface area contributed by atoms with Crippen molar-refractivity contribution in [1.82, 2.24) is 15.5 Å². The molecule has 2 aromatic rings. The molecule has 9 nitrogen and oxygen atoms in total. The van der Waals surface area contributed by atoms with E-state index in [1.807, 2.05) is 6.92 Å². The van der Waals surface area contributed by atoms with Gasteiger partial charge in [0.2, 0.25) is 5.91 Å². The number of halogens is 3. The number of nitrogens with one attached hydrogen (secondary N) is 2. The van der Waals surface area contributed by atoms with Gasteiger partial charge in [-0.25, -0.2) is 0 Å². The second-order valence-electron chi connectivity index (χ2n) is 10.5. The van der Waals surface area contributed by atoms with Crippen LogP contribution >= 0.6 is 0 Å². The number of likely N-dealkylation sites (tertiary alicyclic amines) is 1. The zero-order chi connectivity index (χ0) is 28.9. The van der Waals surface area contributed by atoms with Gasteiger partial charge in [0, 0.05) is 43.4 Å². The molecule has 2 aliphatic rings. The van der Waals surface area contributed by atoms with Crippen LogP contribution in [0, 0.1) is 5.21 Å². The minimum Gasteiger partial charge on any atom is -0.619 e. The first-order chi connectivity index (χ1) is 19.0. The molecule has 1 aromatic heterocycles. The maximum atomic E-state index is 13.0. The van der Waals surface area contributed by atoms with Gasteiger partial charge >= 0.3 is 6.18 Å². The average molecular weight is 565 g/mol. The van der Waals surface area contributed by atoms with Gasteiger partial charge in [-0.1, -0.05) is 13.0 Å². The summed E-state index contributed by atoms with van der Waals surface area (Å²) in [5.41, 5.74) is -1.39. The van der Waals surface area contributed by atoms with Gasteiger partial charge in [0.15, 0.2) is 12.4 Å². The lowest BCUT2D eigenvalue weighted by Gasteiger charge is -2.39. The molecule has 3 N–H and O–H groups in total. The van der Waals surface area contributed by atoms with Crippen LogP contribution in [0.15, 0.2) is 48.8 Å². The smallest absolute Gasteiger partial charge is 0.416 e. The number of ether oxygens (including phenoxy) is 1. The summed E-state index contributed by atoms with van der Waals surface area (Å²) in [7, 11) is 0. The Labute approximate surface area is 230 Å². The molecule has 218 valence electrons. The van der Waals surface area contributed by atoms with Crippen LogP contribution < -0.4 is 15.4 Å². The largest absolute Gasteiger partial charge is 0.619 e. The zero-order valence-corrected chi connectivity index (χ0v) is 22.3. The second kappa shape index (κ2) is 12.5. The van der Waals surface area contributed by atoms with Crippen molar-refractivity contribution in [1.29, 1.82) is 0 Å². The van der Waals surface area contributed by atoms with E-state index in [1.54, 1.807) is 12.1 Å². The molecule has 2 heterocycles. The summed E-state index contributed by atoms with van der Waals surface area (Å²) in [6, 6.07) is 7.19. The molecule has 0 spiro atoms. The molecule has 2 fully saturated rings. The van der Waals surface area contributed by atoms with Gasteiger partial charge in [-0.05, 0) is 55.9 Å². The van der Waals surface area contributed by atoms with E-state index in [2.05, 4.69) is 15.5 Å². The van der Waals surface area contributed by atoms with Crippen LogP contribution in [-0.4, -0.2) is 66.2 Å². The molecule has 1 aromatic carbocycles. The van der Waals surface area contributed by atoms with Crippen molar-refractivity contribution in [3.05, 3.63) is 70.7 Å². The molecule has 1 aliphatic heterocycles. The van der Waals surface area contributed by atoms with E-state index in [9.17, 15) is 33.1 Å². The van der Waals surface area contributed by atoms with Gasteiger partial charge in [0.1, 0.15) is 0 Å². The van der Waals surface area contributed by atoms with Crippen molar-refractivity contribution >= 4 is 11.8 Å². The molecule has 1 aliphatic carbocycles. The molecule has 1 saturated heterocycles. The fourth-order valence-electron chi connectivity index (χ4n) is 5.49. The Kier molecular flexibility index (Phi) is 9.32. The molecular weight excluding hydrogens is 529 g/mol. The van der Waals surface area contributed by atoms with Gasteiger partial charge in [-0.15, -0.1) is 0 Å². The van der Waals surface area contributed by atoms with Gasteiger partial charge in [0.05, 0.1) is 29.9 Å². The summed E-state index contributed by atoms with van der Waals surface area (Å²) in [4.78, 5) is 27.3. The number of amides is 2. The monoisotopic (exact) mass is 564 g/mol. The number of aliphatic hydroxyl groups is 1. The van der Waals surface area contributed by atoms with Crippen LogP contribution in [0.5, 0.6) is 0 Å². The van der Waals surface area contributed by atoms with Crippen LogP contribution in [0.3, 0.4) is 0 Å². The third kappa shape index (κ3) is 7.29. The van der Waals surface area contributed by atoms with E-state index >= 15 is 0 Å². The van der Waals surface area contributed by atoms with E-state index in [0.29, 0.717) is 37.3 Å². The van der Waals surface area contributed by atoms with Crippen molar-refractivity contribution < 1.29 is 37.3 Å². The van der Waals surface area contributed by atoms with Crippen LogP contribution in [0.25, 0.3) is 0 Å². The summed E-state index contributed by atoms with van der Waals surface area (Å²) in [6.07, 6.45) is 1.27. The maximum Gasteiger partial charge on any atom is 0.416 e. The Bertz CT molecular complexity index is 1170. The highest BCUT2D eigenvalue weighted by molar-refractivity contribution is 5.96. The second-order valence-corrected chi connectivity index (χ2v) is 10.5. The molecule has 0 bridgehead atoms. The van der Waals surface area contributed by atoms with Crippen LogP contribution in [0.1, 0.15) is 60.5 Å². The summed E-state index contributed by atoms with van der Waals surface area (Å²) in [5.74, 6) is -1.23. The van der Waals surface area contributed by atoms with Gasteiger partial charge in [-0.3, -0.25) is 14.5 Å². The Hall–Kier alpha value is -3.22. The Balaban J connectivity index is 1.31. The highest BCUT2D eigenvalue weighted by Crippen LogP contribution is 2.39. The number of carbonyl (C=O) groups excluding carboxylic acids is 2. The summed E-state index contributed by atoms with van der Waals surface area (Å²) >= 11 is 0. The molecule has 40 heavy (non-hydrogen) atoms. The quantitative estimate of drug-likeness (QED) is 0.318. The fraction of sp³-hybridized carbons (Fsp3) is 0.536. The SMILES string of the molecule is CCCO[C@H]1CN(C2CCC(O)(c3cc[n+]([O-])cc3)CC2)CC1NC(=O)CNC(=O)c1cccc(C(F)(F)F)c1. The van der Waals surface area contributed by atoms with Crippen molar-refractivity contribution in [2.75, 3.05) is 26.2 Å². The number of rotatable bonds is 9. The predicted octanol–water partition coefficient (Wildman–Crippen LogP) is 2.49. The Morgan fingerprint density at radius 1 is 1.18 bits per heavy atom. The molecule has 2 amide bonds. The molecule has 4 rings (SSSR count). The van der Waals surface area contributed by atoms with Crippen LogP contribution in [0.4, 0.5) is 13.2 Å². The van der Waals surface area contributed by atoms with Crippen molar-refractivity contribution in [3.63, 3.8) is 0 Å². The number of hydrogen-bond acceptors (Lipinski definition) is 6. The van der Waals surface area contributed by atoms with Gasteiger partial charge < -0.3 is 25.7 Å². The third-order valence-corrected chi connectivity index (χ3v) is 7.68. The van der Waals surface area contributed by atoms with Crippen molar-refractivity contribution in [2.24, 2.45) is 0 Å². The lowest BCUT2D eigenvalue weighted by atomic mass is 9.77. The van der Waals surface area contributed by atoms with E-state index in [1.165, 1.54) is 18.5 Å². The molecule has 12 heteroatoms. The number of hydrogen-bond donors (Lipinski definition) is 3. The maximum absolute atomic E-state index is 13.0. The first-order valence-electron chi connectivity index (χ1n) is 13.5. The molecule has 1 unspecified atom stereocenters. The van der Waals surface area contributed by atoms with E-state index in [0.717, 1.165) is 43.0 Å². The predicted molar refractivity (Wildman–Crippen MR) is 139 cm³/mol. The Morgan fingerprint density at radius 2 is 1.88 bits per heavy atom. The fourth-order valence-corrected chi connectivity index (χ4v) is 5.49. The van der Waals surface area contributed by atoms with Crippen LogP contribution in [0.2, 0.25) is 0 Å². The number of benzene rings is 1. The standard InChI is InChI=1S/C28H35F3N4O5/c1-2-14-40-24-18-34(22-6-10-27(38,11-7-22)20-8-12-35(39)13-9-20)17-23(24)33-25(36)16-32-26(37)19-4-3-5-21(15-19)28(29,30)31/h3-5,8-9,12-13,15,22-24,38H,2,6-7,10-11,14,16-18H2,1H3,(H,32,37)(H,33,36)/t22?,23?,24-,27?/m0/s1. The van der Waals surface area contributed by atoms with E-state index in [-0.39, 0.29) is 30.3 Å². The highest BCUT2D eigenvalue weighted by Gasteiger charge is 2.42. The molecular formula is C28H35F3N4O5. The molecule has 1 saturated carbocycles. The zero-order valence-electron chi connectivity index (χ0n) is 22.3. The van der Waals surface area contributed by atoms with Gasteiger partial charge in [0.25, 0.3) is 5.91 Å². The summed E-state index contributed by atoms with van der Waals surface area (Å²) in [5, 5.41) is 27.8. The third-order valence-electron chi connectivity index (χ3n) is 7.68.